The molecule has 330 valence electrons. The zero-order chi connectivity index (χ0) is 43.6. The van der Waals surface area contributed by atoms with Gasteiger partial charge in [0.05, 0.1) is 37.9 Å². The molecule has 1 fully saturated rings. The maximum atomic E-state index is 13.9. The SMILES string of the molecule is CCCOCCNC(=O)C1CCCNCCCNC(=O)c2ccc(c(=O)n2C)C(=O)N[C@@H]2COC[C@@H]2NC(=O)c2ccc(n(OCc3ccccc3)c2=O)C(=O)NCCCN1. The van der Waals surface area contributed by atoms with Gasteiger partial charge in [-0.2, -0.15) is 0 Å². The van der Waals surface area contributed by atoms with Crippen LogP contribution in [0.2, 0.25) is 0 Å². The zero-order valence-electron chi connectivity index (χ0n) is 34.7. The van der Waals surface area contributed by atoms with Gasteiger partial charge in [-0.3, -0.25) is 33.6 Å². The van der Waals surface area contributed by atoms with Crippen LogP contribution in [-0.2, 0) is 27.9 Å². The van der Waals surface area contributed by atoms with E-state index >= 15 is 0 Å². The minimum atomic E-state index is -0.891. The number of amides is 5. The van der Waals surface area contributed by atoms with Crippen molar-refractivity contribution in [3.05, 3.63) is 103 Å². The Bertz CT molecular complexity index is 2090. The summed E-state index contributed by atoms with van der Waals surface area (Å²) in [5.74, 6) is -2.80. The van der Waals surface area contributed by atoms with Gasteiger partial charge in [0.1, 0.15) is 29.1 Å². The van der Waals surface area contributed by atoms with Gasteiger partial charge < -0.3 is 56.1 Å². The van der Waals surface area contributed by atoms with Gasteiger partial charge in [0, 0.05) is 33.3 Å². The van der Waals surface area contributed by atoms with Gasteiger partial charge in [-0.1, -0.05) is 37.3 Å². The molecule has 5 amide bonds. The maximum absolute atomic E-state index is 13.9. The van der Waals surface area contributed by atoms with Crippen LogP contribution in [0.5, 0.6) is 0 Å². The number of hydrogen-bond donors (Lipinski definition) is 7. The first-order valence-corrected chi connectivity index (χ1v) is 20.8. The normalized spacial score (nSPS) is 20.1. The van der Waals surface area contributed by atoms with Crippen molar-refractivity contribution in [2.45, 2.75) is 63.8 Å². The molecule has 4 aliphatic rings. The fourth-order valence-electron chi connectivity index (χ4n) is 6.73. The third-order valence-corrected chi connectivity index (χ3v) is 10.1. The number of pyridine rings is 2. The van der Waals surface area contributed by atoms with E-state index in [0.717, 1.165) is 15.7 Å². The fourth-order valence-corrected chi connectivity index (χ4v) is 6.73. The van der Waals surface area contributed by atoms with Crippen LogP contribution >= 0.6 is 0 Å². The van der Waals surface area contributed by atoms with Gasteiger partial charge in [0.2, 0.25) is 5.91 Å². The lowest BCUT2D eigenvalue weighted by molar-refractivity contribution is -0.123. The highest BCUT2D eigenvalue weighted by Crippen LogP contribution is 2.10. The Morgan fingerprint density at radius 3 is 2.05 bits per heavy atom. The smallest absolute Gasteiger partial charge is 0.296 e. The molecule has 1 aromatic carbocycles. The second-order valence-corrected chi connectivity index (χ2v) is 14.7. The molecular formula is C42H57N9O10. The number of hydrogen-bond acceptors (Lipinski definition) is 12. The van der Waals surface area contributed by atoms with Gasteiger partial charge in [0.25, 0.3) is 34.7 Å². The van der Waals surface area contributed by atoms with Gasteiger partial charge >= 0.3 is 0 Å². The molecule has 19 nitrogen and oxygen atoms in total. The van der Waals surface area contributed by atoms with E-state index in [2.05, 4.69) is 37.2 Å². The second kappa shape index (κ2) is 23.8. The van der Waals surface area contributed by atoms with Gasteiger partial charge in [-0.25, -0.2) is 0 Å². The molecule has 6 heterocycles. The van der Waals surface area contributed by atoms with Crippen molar-refractivity contribution in [2.24, 2.45) is 7.05 Å². The lowest BCUT2D eigenvalue weighted by Crippen LogP contribution is -2.52. The van der Waals surface area contributed by atoms with Gasteiger partial charge in [-0.05, 0) is 81.6 Å². The van der Waals surface area contributed by atoms with E-state index < -0.39 is 52.9 Å². The summed E-state index contributed by atoms with van der Waals surface area (Å²) in [4.78, 5) is 99.6. The first kappa shape index (κ1) is 46.2. The van der Waals surface area contributed by atoms with E-state index in [0.29, 0.717) is 77.2 Å². The zero-order valence-corrected chi connectivity index (χ0v) is 34.7. The third-order valence-electron chi connectivity index (χ3n) is 10.1. The lowest BCUT2D eigenvalue weighted by Gasteiger charge is -2.21. The summed E-state index contributed by atoms with van der Waals surface area (Å²) in [5, 5.41) is 20.6. The Morgan fingerprint density at radius 1 is 0.738 bits per heavy atom. The number of ether oxygens (including phenoxy) is 2. The molecule has 4 bridgehead atoms. The molecule has 0 saturated carbocycles. The van der Waals surface area contributed by atoms with E-state index in [4.69, 9.17) is 14.3 Å². The lowest BCUT2D eigenvalue weighted by atomic mass is 10.1. The highest BCUT2D eigenvalue weighted by molar-refractivity contribution is 5.98. The predicted octanol–water partition coefficient (Wildman–Crippen LogP) is -0.773. The van der Waals surface area contributed by atoms with Crippen molar-refractivity contribution in [3.8, 4) is 0 Å². The summed E-state index contributed by atoms with van der Waals surface area (Å²) in [7, 11) is 1.40. The van der Waals surface area contributed by atoms with Crippen molar-refractivity contribution >= 4 is 29.5 Å². The number of benzene rings is 1. The Balaban J connectivity index is 1.35. The standard InChI is InChI=1S/C42H57N9O10/c1-3-23-59-24-22-47-38(54)31-12-7-17-43-18-8-20-45-39(55)34-15-13-29(41(57)50(34)2)36(52)48-32-26-60-27-33(32)49-37(53)30-14-16-35(40(56)46-21-9-19-44-31)51(42(30)58)61-25-28-10-5-4-6-11-28/h4-6,10-11,13-16,31-33,43-44H,3,7-9,12,17-27H2,1-2H3,(H,45,55)(H,46,56)(H,47,54)(H,48,52)(H,49,53)/t31?,32-,33+/m1/s1. The average molecular weight is 848 g/mol. The van der Waals surface area contributed by atoms with Crippen LogP contribution in [0, 0.1) is 0 Å². The number of fused-ring (bicyclic) bond motifs is 2. The van der Waals surface area contributed by atoms with E-state index in [1.807, 2.05) is 13.0 Å². The second-order valence-electron chi connectivity index (χ2n) is 14.7. The molecule has 3 atom stereocenters. The molecule has 0 spiro atoms. The molecular weight excluding hydrogens is 791 g/mol. The quantitative estimate of drug-likeness (QED) is 0.131. The average Bonchev–Trinajstić information content (AvgIpc) is 3.69. The minimum Gasteiger partial charge on any atom is -0.405 e. The molecule has 3 aromatic rings. The minimum absolute atomic E-state index is 0.00318. The van der Waals surface area contributed by atoms with Crippen molar-refractivity contribution in [3.63, 3.8) is 0 Å². The first-order valence-electron chi connectivity index (χ1n) is 20.8. The monoisotopic (exact) mass is 847 g/mol. The number of aromatic nitrogens is 2. The number of carbonyl (C=O) groups excluding carboxylic acids is 5. The van der Waals surface area contributed by atoms with Crippen LogP contribution in [0.3, 0.4) is 0 Å². The summed E-state index contributed by atoms with van der Waals surface area (Å²) in [6.45, 7) is 5.45. The predicted molar refractivity (Wildman–Crippen MR) is 224 cm³/mol. The molecule has 0 radical (unpaired) electrons. The van der Waals surface area contributed by atoms with Crippen molar-refractivity contribution in [1.82, 2.24) is 46.5 Å². The molecule has 2 aromatic heterocycles. The Kier molecular flexibility index (Phi) is 18.0. The highest BCUT2D eigenvalue weighted by atomic mass is 16.7. The fraction of sp³-hybridized carbons (Fsp3) is 0.500. The highest BCUT2D eigenvalue weighted by Gasteiger charge is 2.33. The van der Waals surface area contributed by atoms with Gasteiger partial charge in [0.15, 0.2) is 0 Å². The first-order chi connectivity index (χ1) is 29.6. The molecule has 1 unspecified atom stereocenters. The largest absolute Gasteiger partial charge is 0.405 e. The van der Waals surface area contributed by atoms with Crippen LogP contribution < -0.4 is 53.2 Å². The number of nitrogens with one attached hydrogen (secondary N) is 7. The molecule has 19 heteroatoms. The maximum Gasteiger partial charge on any atom is 0.296 e. The van der Waals surface area contributed by atoms with Crippen LogP contribution in [0.4, 0.5) is 0 Å². The van der Waals surface area contributed by atoms with Crippen molar-refractivity contribution < 1.29 is 38.3 Å². The molecule has 61 heavy (non-hydrogen) atoms. The third kappa shape index (κ3) is 13.3. The summed E-state index contributed by atoms with van der Waals surface area (Å²) >= 11 is 0. The molecule has 0 aliphatic carbocycles. The van der Waals surface area contributed by atoms with E-state index in [9.17, 15) is 33.6 Å². The van der Waals surface area contributed by atoms with E-state index in [1.54, 1.807) is 24.3 Å². The Labute approximate surface area is 353 Å². The topological polar surface area (TPSA) is 241 Å². The van der Waals surface area contributed by atoms with E-state index in [-0.39, 0.29) is 54.8 Å². The molecule has 7 N–H and O–H groups in total. The Hall–Kier alpha value is -5.89. The Morgan fingerprint density at radius 2 is 1.36 bits per heavy atom. The number of nitrogens with zero attached hydrogens (tertiary/aromatic N) is 2. The molecule has 4 aliphatic heterocycles. The summed E-state index contributed by atoms with van der Waals surface area (Å²) < 4.78 is 12.9. The summed E-state index contributed by atoms with van der Waals surface area (Å²) in [6, 6.07) is 12.1. The summed E-state index contributed by atoms with van der Waals surface area (Å²) in [5.41, 5.74) is -1.50. The number of rotatable bonds is 9. The van der Waals surface area contributed by atoms with Crippen LogP contribution in [0.25, 0.3) is 0 Å². The molecule has 7 rings (SSSR count). The van der Waals surface area contributed by atoms with Crippen LogP contribution in [0.1, 0.15) is 86.3 Å². The van der Waals surface area contributed by atoms with Crippen LogP contribution in [0.15, 0.2) is 64.2 Å². The van der Waals surface area contributed by atoms with E-state index in [1.165, 1.54) is 31.3 Å². The van der Waals surface area contributed by atoms with Crippen molar-refractivity contribution in [2.75, 3.05) is 65.7 Å². The van der Waals surface area contributed by atoms with Crippen molar-refractivity contribution in [1.29, 1.82) is 0 Å². The molecule has 1 saturated heterocycles. The van der Waals surface area contributed by atoms with Crippen LogP contribution in [-0.4, -0.2) is 123 Å². The summed E-state index contributed by atoms with van der Waals surface area (Å²) in [6.07, 6.45) is 3.13. The van der Waals surface area contributed by atoms with Gasteiger partial charge in [-0.15, -0.1) is 4.73 Å². The number of carbonyl (C=O) groups is 5.